The fraction of sp³-hybridized carbons (Fsp3) is 0.385. The maximum Gasteiger partial charge on any atom is 0.240 e. The van der Waals surface area contributed by atoms with Crippen LogP contribution in [-0.2, 0) is 9.59 Å². The van der Waals surface area contributed by atoms with Crippen LogP contribution in [0.1, 0.15) is 12.8 Å². The zero-order chi connectivity index (χ0) is 12.8. The molecular weight excluding hydrogens is 230 g/mol. The number of likely N-dealkylation sites (tertiary alicyclic amines) is 1. The molecule has 1 aliphatic rings. The van der Waals surface area contributed by atoms with E-state index >= 15 is 0 Å². The third-order valence-corrected chi connectivity index (χ3v) is 2.87. The molecule has 1 saturated heterocycles. The number of anilines is 1. The molecule has 0 unspecified atom stereocenters. The van der Waals surface area contributed by atoms with E-state index in [9.17, 15) is 9.59 Å². The number of aliphatic imine (C=N–C) groups is 1. The molecule has 0 aromatic heterocycles. The van der Waals surface area contributed by atoms with Crippen LogP contribution in [0.2, 0.25) is 0 Å². The predicted molar refractivity (Wildman–Crippen MR) is 68.5 cm³/mol. The molecule has 5 heteroatoms. The van der Waals surface area contributed by atoms with Gasteiger partial charge in [-0.05, 0) is 44.1 Å². The molecule has 1 N–H and O–H groups in total. The lowest BCUT2D eigenvalue weighted by Gasteiger charge is -2.14. The van der Waals surface area contributed by atoms with E-state index in [-0.39, 0.29) is 5.91 Å². The van der Waals surface area contributed by atoms with Gasteiger partial charge in [0, 0.05) is 5.69 Å². The standard InChI is InChI=1S/C13H15N3O2/c17-10-14-11-4-3-5-12(8-11)15-13(18)9-16-6-1-2-7-16/h3-5,8H,1-2,6-7,9H2,(H,15,18). The van der Waals surface area contributed by atoms with Crippen molar-refractivity contribution in [3.05, 3.63) is 24.3 Å². The molecule has 0 saturated carbocycles. The number of carbonyl (C=O) groups is 1. The Labute approximate surface area is 106 Å². The fourth-order valence-electron chi connectivity index (χ4n) is 2.05. The van der Waals surface area contributed by atoms with E-state index in [0.29, 0.717) is 17.9 Å². The first-order valence-corrected chi connectivity index (χ1v) is 5.98. The van der Waals surface area contributed by atoms with E-state index in [1.165, 1.54) is 6.08 Å². The second-order valence-corrected chi connectivity index (χ2v) is 4.28. The highest BCUT2D eigenvalue weighted by molar-refractivity contribution is 5.92. The Kier molecular flexibility index (Phi) is 4.23. The van der Waals surface area contributed by atoms with Gasteiger partial charge < -0.3 is 5.32 Å². The summed E-state index contributed by atoms with van der Waals surface area (Å²) in [5.41, 5.74) is 1.14. The molecule has 2 rings (SSSR count). The normalized spacial score (nSPS) is 15.1. The number of nitrogens with one attached hydrogen (secondary N) is 1. The molecule has 94 valence electrons. The van der Waals surface area contributed by atoms with Gasteiger partial charge in [0.15, 0.2) is 0 Å². The van der Waals surface area contributed by atoms with E-state index in [0.717, 1.165) is 25.9 Å². The van der Waals surface area contributed by atoms with Gasteiger partial charge in [-0.3, -0.25) is 9.69 Å². The van der Waals surface area contributed by atoms with Gasteiger partial charge in [0.2, 0.25) is 12.0 Å². The van der Waals surface area contributed by atoms with Crippen molar-refractivity contribution in [2.45, 2.75) is 12.8 Å². The lowest BCUT2D eigenvalue weighted by molar-refractivity contribution is -0.117. The van der Waals surface area contributed by atoms with Gasteiger partial charge in [-0.15, -0.1) is 0 Å². The quantitative estimate of drug-likeness (QED) is 0.648. The number of carbonyl (C=O) groups excluding carboxylic acids is 2. The van der Waals surface area contributed by atoms with E-state index in [4.69, 9.17) is 0 Å². The van der Waals surface area contributed by atoms with Gasteiger partial charge in [0.25, 0.3) is 0 Å². The molecule has 0 atom stereocenters. The van der Waals surface area contributed by atoms with E-state index in [1.807, 2.05) is 0 Å². The first-order chi connectivity index (χ1) is 8.78. The Morgan fingerprint density at radius 1 is 1.39 bits per heavy atom. The fourth-order valence-corrected chi connectivity index (χ4v) is 2.05. The van der Waals surface area contributed by atoms with Crippen molar-refractivity contribution < 1.29 is 9.59 Å². The molecule has 1 amide bonds. The summed E-state index contributed by atoms with van der Waals surface area (Å²) >= 11 is 0. The van der Waals surface area contributed by atoms with Crippen LogP contribution in [-0.4, -0.2) is 36.5 Å². The maximum atomic E-state index is 11.8. The van der Waals surface area contributed by atoms with Gasteiger partial charge in [0.05, 0.1) is 12.2 Å². The summed E-state index contributed by atoms with van der Waals surface area (Å²) in [6.45, 7) is 2.40. The topological polar surface area (TPSA) is 61.8 Å². The minimum atomic E-state index is -0.0378. The summed E-state index contributed by atoms with van der Waals surface area (Å²) in [5.74, 6) is -0.0378. The van der Waals surface area contributed by atoms with Crippen LogP contribution in [0.3, 0.4) is 0 Å². The number of isocyanates is 1. The van der Waals surface area contributed by atoms with Crippen LogP contribution in [0.15, 0.2) is 29.3 Å². The lowest BCUT2D eigenvalue weighted by atomic mass is 10.3. The Hall–Kier alpha value is -1.97. The van der Waals surface area contributed by atoms with Crippen LogP contribution in [0.4, 0.5) is 11.4 Å². The number of rotatable bonds is 4. The van der Waals surface area contributed by atoms with Crippen LogP contribution in [0.25, 0.3) is 0 Å². The van der Waals surface area contributed by atoms with Crippen molar-refractivity contribution in [3.63, 3.8) is 0 Å². The highest BCUT2D eigenvalue weighted by Crippen LogP contribution is 2.17. The Balaban J connectivity index is 1.93. The molecule has 0 radical (unpaired) electrons. The van der Waals surface area contributed by atoms with Crippen LogP contribution >= 0.6 is 0 Å². The minimum Gasteiger partial charge on any atom is -0.325 e. The Morgan fingerprint density at radius 3 is 2.89 bits per heavy atom. The van der Waals surface area contributed by atoms with Gasteiger partial charge in [-0.25, -0.2) is 4.79 Å². The van der Waals surface area contributed by atoms with Crippen molar-refractivity contribution in [2.24, 2.45) is 4.99 Å². The van der Waals surface area contributed by atoms with Crippen molar-refractivity contribution in [1.29, 1.82) is 0 Å². The molecule has 0 spiro atoms. The molecule has 18 heavy (non-hydrogen) atoms. The third-order valence-electron chi connectivity index (χ3n) is 2.87. The first kappa shape index (κ1) is 12.5. The summed E-state index contributed by atoms with van der Waals surface area (Å²) in [5, 5.41) is 2.80. The number of nitrogens with zero attached hydrogens (tertiary/aromatic N) is 2. The average molecular weight is 245 g/mol. The summed E-state index contributed by atoms with van der Waals surface area (Å²) in [7, 11) is 0. The van der Waals surface area contributed by atoms with Crippen molar-refractivity contribution in [1.82, 2.24) is 4.90 Å². The van der Waals surface area contributed by atoms with E-state index < -0.39 is 0 Å². The lowest BCUT2D eigenvalue weighted by Crippen LogP contribution is -2.30. The second-order valence-electron chi connectivity index (χ2n) is 4.28. The summed E-state index contributed by atoms with van der Waals surface area (Å²) in [6, 6.07) is 6.83. The summed E-state index contributed by atoms with van der Waals surface area (Å²) in [6.07, 6.45) is 3.80. The van der Waals surface area contributed by atoms with Crippen molar-refractivity contribution >= 4 is 23.4 Å². The van der Waals surface area contributed by atoms with Crippen molar-refractivity contribution in [3.8, 4) is 0 Å². The molecule has 1 aliphatic heterocycles. The molecule has 1 heterocycles. The van der Waals surface area contributed by atoms with E-state index in [1.54, 1.807) is 24.3 Å². The number of hydrogen-bond donors (Lipinski definition) is 1. The van der Waals surface area contributed by atoms with E-state index in [2.05, 4.69) is 15.2 Å². The Bertz CT molecular complexity index is 475. The monoisotopic (exact) mass is 245 g/mol. The van der Waals surface area contributed by atoms with Gasteiger partial charge in [-0.1, -0.05) is 6.07 Å². The SMILES string of the molecule is O=C=Nc1cccc(NC(=O)CN2CCCC2)c1. The first-order valence-electron chi connectivity index (χ1n) is 5.98. The molecule has 1 aromatic carbocycles. The largest absolute Gasteiger partial charge is 0.325 e. The van der Waals surface area contributed by atoms with Crippen LogP contribution in [0.5, 0.6) is 0 Å². The minimum absolute atomic E-state index is 0.0378. The Morgan fingerprint density at radius 2 is 2.17 bits per heavy atom. The highest BCUT2D eigenvalue weighted by atomic mass is 16.2. The molecule has 1 aromatic rings. The molecule has 5 nitrogen and oxygen atoms in total. The average Bonchev–Trinajstić information content (AvgIpc) is 2.82. The third kappa shape index (κ3) is 3.52. The highest BCUT2D eigenvalue weighted by Gasteiger charge is 2.14. The van der Waals surface area contributed by atoms with Gasteiger partial charge in [-0.2, -0.15) is 4.99 Å². The smallest absolute Gasteiger partial charge is 0.240 e. The van der Waals surface area contributed by atoms with Crippen LogP contribution < -0.4 is 5.32 Å². The summed E-state index contributed by atoms with van der Waals surface area (Å²) in [4.78, 5) is 27.6. The number of amides is 1. The number of hydrogen-bond acceptors (Lipinski definition) is 4. The molecular formula is C13H15N3O2. The van der Waals surface area contributed by atoms with Gasteiger partial charge >= 0.3 is 0 Å². The molecule has 0 aliphatic carbocycles. The molecule has 1 fully saturated rings. The maximum absolute atomic E-state index is 11.8. The molecule has 0 bridgehead atoms. The zero-order valence-corrected chi connectivity index (χ0v) is 10.1. The summed E-state index contributed by atoms with van der Waals surface area (Å²) < 4.78 is 0. The predicted octanol–water partition coefficient (Wildman–Crippen LogP) is 1.69. The van der Waals surface area contributed by atoms with Gasteiger partial charge in [0.1, 0.15) is 0 Å². The number of benzene rings is 1. The second kappa shape index (κ2) is 6.10. The van der Waals surface area contributed by atoms with Crippen LogP contribution in [0, 0.1) is 0 Å². The zero-order valence-electron chi connectivity index (χ0n) is 10.1. The van der Waals surface area contributed by atoms with Crippen molar-refractivity contribution in [2.75, 3.05) is 25.0 Å².